The van der Waals surface area contributed by atoms with Crippen LogP contribution in [-0.2, 0) is 9.59 Å². The minimum atomic E-state index is -1.15. The van der Waals surface area contributed by atoms with Crippen molar-refractivity contribution in [2.75, 3.05) is 18.6 Å². The Morgan fingerprint density at radius 1 is 1.21 bits per heavy atom. The highest BCUT2D eigenvalue weighted by Gasteiger charge is 2.36. The van der Waals surface area contributed by atoms with Crippen molar-refractivity contribution >= 4 is 52.2 Å². The molecule has 1 N–H and O–H groups in total. The van der Waals surface area contributed by atoms with Gasteiger partial charge in [0.25, 0.3) is 11.1 Å². The van der Waals surface area contributed by atoms with Crippen LogP contribution >= 0.6 is 23.4 Å². The number of carboxylic acids is 1. The maximum atomic E-state index is 12.8. The molecule has 2 aromatic rings. The molecule has 1 aliphatic rings. The van der Waals surface area contributed by atoms with E-state index < -0.39 is 23.7 Å². The van der Waals surface area contributed by atoms with E-state index in [-0.39, 0.29) is 10.7 Å². The topological polar surface area (TPSA) is 93.1 Å². The van der Waals surface area contributed by atoms with E-state index in [0.717, 1.165) is 16.7 Å². The van der Waals surface area contributed by atoms with Crippen LogP contribution in [0.25, 0.3) is 6.08 Å². The first-order valence-corrected chi connectivity index (χ1v) is 9.15. The number of para-hydroxylation sites is 1. The van der Waals surface area contributed by atoms with Crippen LogP contribution < -0.4 is 14.4 Å². The first-order chi connectivity index (χ1) is 13.4. The van der Waals surface area contributed by atoms with E-state index in [2.05, 4.69) is 0 Å². The van der Waals surface area contributed by atoms with Gasteiger partial charge in [0.05, 0.1) is 17.7 Å². The largest absolute Gasteiger partial charge is 0.493 e. The standard InChI is InChI=1S/C19H14ClNO6S/c1-26-14-4-2-3-11(17(14)27-10-16(22)23)9-15-18(24)21(19(25)28-15)13-7-5-12(20)6-8-13/h2-9H,10H2,1H3,(H,22,23)/b15-9-. The van der Waals surface area contributed by atoms with Gasteiger partial charge in [0.2, 0.25) is 0 Å². The summed E-state index contributed by atoms with van der Waals surface area (Å²) >= 11 is 6.63. The molecule has 28 heavy (non-hydrogen) atoms. The molecule has 0 aromatic heterocycles. The number of carboxylic acid groups (broad SMARTS) is 1. The maximum Gasteiger partial charge on any atom is 0.341 e. The number of amides is 2. The van der Waals surface area contributed by atoms with E-state index in [9.17, 15) is 14.4 Å². The number of halogens is 1. The maximum absolute atomic E-state index is 12.8. The van der Waals surface area contributed by atoms with E-state index >= 15 is 0 Å². The summed E-state index contributed by atoms with van der Waals surface area (Å²) < 4.78 is 10.5. The van der Waals surface area contributed by atoms with Crippen molar-refractivity contribution in [1.82, 2.24) is 0 Å². The molecule has 3 rings (SSSR count). The smallest absolute Gasteiger partial charge is 0.341 e. The summed E-state index contributed by atoms with van der Waals surface area (Å²) in [4.78, 5) is 37.2. The Morgan fingerprint density at radius 2 is 1.93 bits per heavy atom. The molecule has 0 aliphatic carbocycles. The van der Waals surface area contributed by atoms with Gasteiger partial charge in [0.1, 0.15) is 0 Å². The van der Waals surface area contributed by atoms with Gasteiger partial charge in [-0.15, -0.1) is 0 Å². The van der Waals surface area contributed by atoms with Gasteiger partial charge in [0, 0.05) is 10.6 Å². The van der Waals surface area contributed by atoms with Crippen LogP contribution in [0.15, 0.2) is 47.4 Å². The molecule has 1 fully saturated rings. The molecule has 1 saturated heterocycles. The normalized spacial score (nSPS) is 15.2. The zero-order valence-corrected chi connectivity index (χ0v) is 16.1. The molecular weight excluding hydrogens is 406 g/mol. The number of nitrogens with zero attached hydrogens (tertiary/aromatic N) is 1. The fourth-order valence-corrected chi connectivity index (χ4v) is 3.48. The Bertz CT molecular complexity index is 973. The Morgan fingerprint density at radius 3 is 2.57 bits per heavy atom. The highest BCUT2D eigenvalue weighted by atomic mass is 35.5. The lowest BCUT2D eigenvalue weighted by atomic mass is 10.1. The van der Waals surface area contributed by atoms with Crippen LogP contribution in [0.3, 0.4) is 0 Å². The van der Waals surface area contributed by atoms with Gasteiger partial charge >= 0.3 is 5.97 Å². The third-order valence-electron chi connectivity index (χ3n) is 3.73. The Balaban J connectivity index is 1.95. The van der Waals surface area contributed by atoms with Crippen molar-refractivity contribution in [2.45, 2.75) is 0 Å². The number of anilines is 1. The molecule has 2 aromatic carbocycles. The first kappa shape index (κ1) is 19.8. The third-order valence-corrected chi connectivity index (χ3v) is 4.86. The molecule has 0 unspecified atom stereocenters. The van der Waals surface area contributed by atoms with Crippen LogP contribution in [0.4, 0.5) is 10.5 Å². The molecular formula is C19H14ClNO6S. The lowest BCUT2D eigenvalue weighted by molar-refractivity contribution is -0.139. The van der Waals surface area contributed by atoms with Crippen molar-refractivity contribution in [3.8, 4) is 11.5 Å². The van der Waals surface area contributed by atoms with Crippen LogP contribution in [-0.4, -0.2) is 35.9 Å². The molecule has 0 saturated carbocycles. The summed E-state index contributed by atoms with van der Waals surface area (Å²) in [5, 5.41) is 8.91. The van der Waals surface area contributed by atoms with Crippen molar-refractivity contribution in [2.24, 2.45) is 0 Å². The van der Waals surface area contributed by atoms with Gasteiger partial charge in [-0.2, -0.15) is 0 Å². The van der Waals surface area contributed by atoms with Crippen molar-refractivity contribution in [3.05, 3.63) is 58.0 Å². The van der Waals surface area contributed by atoms with Gasteiger partial charge in [-0.3, -0.25) is 9.59 Å². The predicted molar refractivity (Wildman–Crippen MR) is 106 cm³/mol. The second-order valence-corrected chi connectivity index (χ2v) is 6.98. The Hall–Kier alpha value is -2.97. The van der Waals surface area contributed by atoms with Crippen LogP contribution in [0.5, 0.6) is 11.5 Å². The second-order valence-electron chi connectivity index (χ2n) is 5.55. The van der Waals surface area contributed by atoms with E-state index in [4.69, 9.17) is 26.2 Å². The van der Waals surface area contributed by atoms with Crippen molar-refractivity contribution in [3.63, 3.8) is 0 Å². The van der Waals surface area contributed by atoms with Gasteiger partial charge < -0.3 is 14.6 Å². The number of carbonyl (C=O) groups is 3. The summed E-state index contributed by atoms with van der Waals surface area (Å²) in [5.74, 6) is -1.16. The number of carbonyl (C=O) groups excluding carboxylic acids is 2. The van der Waals surface area contributed by atoms with Crippen LogP contribution in [0.2, 0.25) is 5.02 Å². The molecule has 1 heterocycles. The molecule has 144 valence electrons. The number of hydrogen-bond acceptors (Lipinski definition) is 6. The van der Waals surface area contributed by atoms with Crippen molar-refractivity contribution in [1.29, 1.82) is 0 Å². The molecule has 7 nitrogen and oxygen atoms in total. The zero-order chi connectivity index (χ0) is 20.3. The molecule has 1 aliphatic heterocycles. The minimum Gasteiger partial charge on any atom is -0.493 e. The minimum absolute atomic E-state index is 0.172. The van der Waals surface area contributed by atoms with Gasteiger partial charge in [-0.25, -0.2) is 9.69 Å². The Kier molecular flexibility index (Phi) is 5.91. The van der Waals surface area contributed by atoms with E-state index in [1.165, 1.54) is 13.2 Å². The number of rotatable bonds is 6. The van der Waals surface area contributed by atoms with Crippen LogP contribution in [0.1, 0.15) is 5.56 Å². The predicted octanol–water partition coefficient (Wildman–Crippen LogP) is 4.05. The number of benzene rings is 2. The van der Waals surface area contributed by atoms with Gasteiger partial charge in [-0.1, -0.05) is 23.7 Å². The molecule has 0 radical (unpaired) electrons. The second kappa shape index (κ2) is 8.37. The number of ether oxygens (including phenoxy) is 2. The Labute approximate surface area is 169 Å². The molecule has 2 amide bonds. The highest BCUT2D eigenvalue weighted by Crippen LogP contribution is 2.39. The number of thioether (sulfide) groups is 1. The third kappa shape index (κ3) is 4.13. The summed E-state index contributed by atoms with van der Waals surface area (Å²) in [6.45, 7) is -0.576. The van der Waals surface area contributed by atoms with E-state index in [1.807, 2.05) is 0 Å². The number of imide groups is 1. The summed E-state index contributed by atoms with van der Waals surface area (Å²) in [7, 11) is 1.42. The molecule has 0 atom stereocenters. The average Bonchev–Trinajstić information content (AvgIpc) is 2.94. The number of methoxy groups -OCH3 is 1. The average molecular weight is 420 g/mol. The molecule has 0 spiro atoms. The fourth-order valence-electron chi connectivity index (χ4n) is 2.52. The lowest BCUT2D eigenvalue weighted by Gasteiger charge is -2.13. The first-order valence-electron chi connectivity index (χ1n) is 7.96. The zero-order valence-electron chi connectivity index (χ0n) is 14.5. The fraction of sp³-hybridized carbons (Fsp3) is 0.105. The van der Waals surface area contributed by atoms with Gasteiger partial charge in [-0.05, 0) is 48.2 Å². The van der Waals surface area contributed by atoms with Gasteiger partial charge in [0.15, 0.2) is 18.1 Å². The summed E-state index contributed by atoms with van der Waals surface area (Å²) in [6.07, 6.45) is 1.47. The lowest BCUT2D eigenvalue weighted by Crippen LogP contribution is -2.27. The van der Waals surface area contributed by atoms with Crippen LogP contribution in [0, 0.1) is 0 Å². The van der Waals surface area contributed by atoms with E-state index in [0.29, 0.717) is 22.0 Å². The number of hydrogen-bond donors (Lipinski definition) is 1. The highest BCUT2D eigenvalue weighted by molar-refractivity contribution is 8.19. The van der Waals surface area contributed by atoms with E-state index in [1.54, 1.807) is 42.5 Å². The molecule has 0 bridgehead atoms. The SMILES string of the molecule is COc1cccc(/C=C2\SC(=O)N(c3ccc(Cl)cc3)C2=O)c1OCC(=O)O. The quantitative estimate of drug-likeness (QED) is 0.706. The monoisotopic (exact) mass is 419 g/mol. The number of aliphatic carboxylic acids is 1. The van der Waals surface area contributed by atoms with Crippen molar-refractivity contribution < 1.29 is 29.0 Å². The summed E-state index contributed by atoms with van der Waals surface area (Å²) in [5.41, 5.74) is 0.825. The molecule has 9 heteroatoms. The summed E-state index contributed by atoms with van der Waals surface area (Å²) in [6, 6.07) is 11.2.